The Morgan fingerprint density at radius 3 is 2.75 bits per heavy atom. The van der Waals surface area contributed by atoms with Gasteiger partial charge in [0.15, 0.2) is 0 Å². The molecule has 108 valence electrons. The highest BCUT2D eigenvalue weighted by Gasteiger charge is 2.44. The van der Waals surface area contributed by atoms with Crippen LogP contribution in [0.15, 0.2) is 18.2 Å². The zero-order valence-electron chi connectivity index (χ0n) is 10.4. The number of hydrogen-bond acceptors (Lipinski definition) is 2. The maximum atomic E-state index is 13.1. The van der Waals surface area contributed by atoms with Crippen LogP contribution in [0.2, 0.25) is 0 Å². The third-order valence-corrected chi connectivity index (χ3v) is 4.07. The number of hydrogen-bond donors (Lipinski definition) is 2. The normalized spacial score (nSPS) is 25.2. The van der Waals surface area contributed by atoms with Crippen molar-refractivity contribution in [1.82, 2.24) is 10.2 Å². The number of rotatable bonds is 0. The zero-order chi connectivity index (χ0) is 14.5. The number of carbonyl (C=O) groups is 1. The predicted octanol–water partition coefficient (Wildman–Crippen LogP) is 2.25. The van der Waals surface area contributed by atoms with Crippen molar-refractivity contribution < 1.29 is 23.1 Å². The Bertz CT molecular complexity index is 559. The lowest BCUT2D eigenvalue weighted by Crippen LogP contribution is -2.46. The summed E-state index contributed by atoms with van der Waals surface area (Å²) in [5, 5.41) is 12.3. The summed E-state index contributed by atoms with van der Waals surface area (Å²) in [5.41, 5.74) is -0.0220. The van der Waals surface area contributed by atoms with E-state index in [0.717, 1.165) is 11.0 Å². The summed E-state index contributed by atoms with van der Waals surface area (Å²) in [6.45, 7) is 0.776. The van der Waals surface area contributed by atoms with Crippen LogP contribution in [0.4, 0.5) is 18.0 Å². The van der Waals surface area contributed by atoms with Crippen LogP contribution in [0.3, 0.4) is 0 Å². The molecule has 0 saturated carbocycles. The van der Waals surface area contributed by atoms with Crippen LogP contribution in [0, 0.1) is 0 Å². The second kappa shape index (κ2) is 4.37. The van der Waals surface area contributed by atoms with Gasteiger partial charge in [0, 0.05) is 19.0 Å². The van der Waals surface area contributed by atoms with Crippen LogP contribution in [-0.2, 0) is 12.7 Å². The van der Waals surface area contributed by atoms with E-state index in [0.29, 0.717) is 18.7 Å². The molecule has 2 heterocycles. The van der Waals surface area contributed by atoms with Crippen LogP contribution in [-0.4, -0.2) is 35.2 Å². The number of halogens is 3. The Kier molecular flexibility index (Phi) is 2.89. The van der Waals surface area contributed by atoms with Crippen LogP contribution in [0.5, 0.6) is 0 Å². The summed E-state index contributed by atoms with van der Waals surface area (Å²) < 4.78 is 39.2. The van der Waals surface area contributed by atoms with E-state index in [-0.39, 0.29) is 24.1 Å². The topological polar surface area (TPSA) is 52.6 Å². The average molecular weight is 286 g/mol. The summed E-state index contributed by atoms with van der Waals surface area (Å²) in [4.78, 5) is 12.4. The van der Waals surface area contributed by atoms with E-state index in [1.54, 1.807) is 6.07 Å². The lowest BCUT2D eigenvalue weighted by atomic mass is 9.83. The van der Waals surface area contributed by atoms with Crippen LogP contribution >= 0.6 is 0 Å². The van der Waals surface area contributed by atoms with Crippen molar-refractivity contribution in [2.24, 2.45) is 0 Å². The maximum Gasteiger partial charge on any atom is 0.416 e. The van der Waals surface area contributed by atoms with Crippen LogP contribution in [0.25, 0.3) is 0 Å². The van der Waals surface area contributed by atoms with Gasteiger partial charge in [0.05, 0.1) is 18.2 Å². The largest absolute Gasteiger partial charge is 0.465 e. The van der Waals surface area contributed by atoms with Gasteiger partial charge >= 0.3 is 12.3 Å². The van der Waals surface area contributed by atoms with E-state index in [4.69, 9.17) is 0 Å². The highest BCUT2D eigenvalue weighted by molar-refractivity contribution is 5.67. The van der Waals surface area contributed by atoms with Crippen molar-refractivity contribution in [3.63, 3.8) is 0 Å². The molecule has 2 aliphatic rings. The van der Waals surface area contributed by atoms with Gasteiger partial charge in [-0.25, -0.2) is 4.79 Å². The monoisotopic (exact) mass is 286 g/mol. The van der Waals surface area contributed by atoms with Crippen molar-refractivity contribution >= 4 is 6.09 Å². The lowest BCUT2D eigenvalue weighted by Gasteiger charge is -2.37. The minimum Gasteiger partial charge on any atom is -0.465 e. The first-order valence-corrected chi connectivity index (χ1v) is 6.29. The Hall–Kier alpha value is -1.76. The summed E-state index contributed by atoms with van der Waals surface area (Å²) in [6, 6.07) is 3.80. The van der Waals surface area contributed by atoms with Gasteiger partial charge in [0.2, 0.25) is 0 Å². The molecule has 0 radical (unpaired) electrons. The number of fused-ring (bicyclic) bond motifs is 3. The molecular formula is C13H13F3N2O2. The molecule has 1 fully saturated rings. The molecule has 7 heteroatoms. The second-order valence-corrected chi connectivity index (χ2v) is 5.11. The number of alkyl halides is 3. The molecule has 3 rings (SSSR count). The van der Waals surface area contributed by atoms with Gasteiger partial charge in [-0.2, -0.15) is 13.2 Å². The minimum atomic E-state index is -4.46. The van der Waals surface area contributed by atoms with Crippen LogP contribution in [0.1, 0.15) is 22.6 Å². The smallest absolute Gasteiger partial charge is 0.416 e. The molecule has 2 N–H and O–H groups in total. The molecule has 0 aromatic heterocycles. The molecule has 0 bridgehead atoms. The molecular weight excluding hydrogens is 273 g/mol. The molecule has 0 aliphatic carbocycles. The van der Waals surface area contributed by atoms with E-state index in [2.05, 4.69) is 5.32 Å². The van der Waals surface area contributed by atoms with Crippen molar-refractivity contribution in [2.45, 2.75) is 24.7 Å². The number of amides is 1. The predicted molar refractivity (Wildman–Crippen MR) is 64.4 cm³/mol. The minimum absolute atomic E-state index is 0.0901. The molecule has 2 aliphatic heterocycles. The molecule has 1 aromatic carbocycles. The van der Waals surface area contributed by atoms with Gasteiger partial charge in [-0.1, -0.05) is 12.1 Å². The Morgan fingerprint density at radius 2 is 2.10 bits per heavy atom. The molecule has 4 nitrogen and oxygen atoms in total. The summed E-state index contributed by atoms with van der Waals surface area (Å²) in [7, 11) is 0. The fraction of sp³-hybridized carbons (Fsp3) is 0.462. The first-order chi connectivity index (χ1) is 9.39. The highest BCUT2D eigenvalue weighted by atomic mass is 19.4. The van der Waals surface area contributed by atoms with E-state index >= 15 is 0 Å². The van der Waals surface area contributed by atoms with Crippen molar-refractivity contribution in [1.29, 1.82) is 0 Å². The van der Waals surface area contributed by atoms with E-state index in [9.17, 15) is 23.1 Å². The molecule has 0 spiro atoms. The fourth-order valence-electron chi connectivity index (χ4n) is 3.20. The average Bonchev–Trinajstić information content (AvgIpc) is 2.84. The molecule has 20 heavy (non-hydrogen) atoms. The summed E-state index contributed by atoms with van der Waals surface area (Å²) in [6.07, 6.45) is -5.64. The second-order valence-electron chi connectivity index (χ2n) is 5.11. The number of carboxylic acid groups (broad SMARTS) is 1. The summed E-state index contributed by atoms with van der Waals surface area (Å²) in [5.74, 6) is -0.211. The first-order valence-electron chi connectivity index (χ1n) is 6.29. The Labute approximate surface area is 113 Å². The molecule has 2 unspecified atom stereocenters. The summed E-state index contributed by atoms with van der Waals surface area (Å²) >= 11 is 0. The number of nitrogens with one attached hydrogen (secondary N) is 1. The number of nitrogens with zero attached hydrogens (tertiary/aromatic N) is 1. The molecule has 1 aromatic rings. The fourth-order valence-corrected chi connectivity index (χ4v) is 3.20. The Balaban J connectivity index is 2.13. The van der Waals surface area contributed by atoms with Gasteiger partial charge < -0.3 is 10.4 Å². The van der Waals surface area contributed by atoms with Crippen molar-refractivity contribution in [3.05, 3.63) is 34.9 Å². The molecule has 2 atom stereocenters. The SMILES string of the molecule is O=C(O)N1Cc2c(cccc2C(F)(F)F)C2CNCC21. The van der Waals surface area contributed by atoms with Gasteiger partial charge in [-0.15, -0.1) is 0 Å². The van der Waals surface area contributed by atoms with Crippen molar-refractivity contribution in [2.75, 3.05) is 13.1 Å². The van der Waals surface area contributed by atoms with Crippen LogP contribution < -0.4 is 5.32 Å². The highest BCUT2D eigenvalue weighted by Crippen LogP contribution is 2.41. The number of benzene rings is 1. The third kappa shape index (κ3) is 1.93. The quantitative estimate of drug-likeness (QED) is 0.769. The lowest BCUT2D eigenvalue weighted by molar-refractivity contribution is -0.138. The van der Waals surface area contributed by atoms with Gasteiger partial charge in [0.1, 0.15) is 0 Å². The maximum absolute atomic E-state index is 13.1. The Morgan fingerprint density at radius 1 is 1.35 bits per heavy atom. The van der Waals surface area contributed by atoms with Gasteiger partial charge in [0.25, 0.3) is 0 Å². The van der Waals surface area contributed by atoms with E-state index < -0.39 is 17.8 Å². The van der Waals surface area contributed by atoms with E-state index in [1.807, 2.05) is 0 Å². The van der Waals surface area contributed by atoms with Crippen molar-refractivity contribution in [3.8, 4) is 0 Å². The van der Waals surface area contributed by atoms with Gasteiger partial charge in [-0.3, -0.25) is 4.90 Å². The zero-order valence-corrected chi connectivity index (χ0v) is 10.4. The standard InChI is InChI=1S/C13H13F3N2O2/c14-13(15,16)10-3-1-2-7-8-4-17-5-11(8)18(12(19)20)6-9(7)10/h1-3,8,11,17H,4-6H2,(H,19,20). The van der Waals surface area contributed by atoms with E-state index in [1.165, 1.54) is 6.07 Å². The first kappa shape index (κ1) is 13.2. The molecule has 1 saturated heterocycles. The van der Waals surface area contributed by atoms with Gasteiger partial charge in [-0.05, 0) is 17.2 Å². The molecule has 1 amide bonds. The third-order valence-electron chi connectivity index (χ3n) is 4.07.